The Morgan fingerprint density at radius 2 is 1.50 bits per heavy atom. The number of rotatable bonds is 11. The van der Waals surface area contributed by atoms with Crippen LogP contribution in [0.3, 0.4) is 0 Å². The summed E-state index contributed by atoms with van der Waals surface area (Å²) in [4.78, 5) is 33.0. The maximum Gasteiger partial charge on any atom is 0.332 e. The van der Waals surface area contributed by atoms with Gasteiger partial charge in [-0.15, -0.1) is 19.7 Å². The summed E-state index contributed by atoms with van der Waals surface area (Å²) in [5.41, 5.74) is 4.88. The van der Waals surface area contributed by atoms with Gasteiger partial charge in [0.05, 0.1) is 11.1 Å². The molecule has 0 bridgehead atoms. The van der Waals surface area contributed by atoms with E-state index in [-0.39, 0.29) is 18.0 Å². The van der Waals surface area contributed by atoms with Gasteiger partial charge < -0.3 is 20.8 Å². The summed E-state index contributed by atoms with van der Waals surface area (Å²) in [5, 5.41) is 17.0. The molecule has 0 rings (SSSR count). The van der Waals surface area contributed by atoms with E-state index >= 15 is 0 Å². The molecule has 0 saturated carbocycles. The number of amides is 1. The summed E-state index contributed by atoms with van der Waals surface area (Å²) in [6, 6.07) is 0. The highest BCUT2D eigenvalue weighted by Gasteiger charge is 2.29. The molecule has 0 heterocycles. The number of nitrogens with zero attached hydrogens (tertiary/aromatic N) is 1. The summed E-state index contributed by atoms with van der Waals surface area (Å²) >= 11 is 0. The van der Waals surface area contributed by atoms with Crippen LogP contribution in [0.2, 0.25) is 0 Å². The minimum Gasteiger partial charge on any atom is -0.478 e. The molecule has 0 aliphatic rings. The van der Waals surface area contributed by atoms with E-state index in [1.54, 1.807) is 12.2 Å². The Balaban J connectivity index is 0. The molecule has 7 heteroatoms. The highest BCUT2D eigenvalue weighted by Crippen LogP contribution is 2.22. The van der Waals surface area contributed by atoms with Gasteiger partial charge in [-0.3, -0.25) is 4.79 Å². The second-order valence-corrected chi connectivity index (χ2v) is 5.06. The number of carbonyl (C=O) groups is 3. The van der Waals surface area contributed by atoms with Crippen LogP contribution < -0.4 is 5.73 Å². The average Bonchev–Trinajstić information content (AvgIpc) is 2.57. The van der Waals surface area contributed by atoms with E-state index in [1.165, 1.54) is 17.2 Å². The Hall–Kier alpha value is -3.19. The van der Waals surface area contributed by atoms with Crippen molar-refractivity contribution in [2.75, 3.05) is 6.54 Å². The zero-order valence-electron chi connectivity index (χ0n) is 14.8. The van der Waals surface area contributed by atoms with E-state index in [2.05, 4.69) is 32.9 Å². The summed E-state index contributed by atoms with van der Waals surface area (Å²) in [6.07, 6.45) is 8.58. The van der Waals surface area contributed by atoms with Crippen molar-refractivity contribution in [3.63, 3.8) is 0 Å². The first-order chi connectivity index (χ1) is 12.1. The van der Waals surface area contributed by atoms with Gasteiger partial charge in [0.1, 0.15) is 0 Å². The Morgan fingerprint density at radius 1 is 1.00 bits per heavy atom. The SMILES string of the molecule is C=CCC(N)(CC=C)C(=C)C(=O)O.C=CCN(C=CC(=O)O)C(=O)C=C. The van der Waals surface area contributed by atoms with E-state index in [1.807, 2.05) is 0 Å². The van der Waals surface area contributed by atoms with Gasteiger partial charge in [-0.1, -0.05) is 31.4 Å². The van der Waals surface area contributed by atoms with Crippen molar-refractivity contribution in [3.05, 3.63) is 75.0 Å². The standard InChI is InChI=1S/C10H15NO2.C9H11NO3/c1-4-6-10(11,7-5-2)8(3)9(12)13;1-3-6-10(8(11)4-2)7-5-9(12)13/h4-5H,1-3,6-7,11H2,(H,12,13);3-5,7H,1-2,6H2,(H,12,13). The van der Waals surface area contributed by atoms with Crippen LogP contribution in [0.4, 0.5) is 0 Å². The fraction of sp³-hybridized carbons (Fsp3) is 0.211. The van der Waals surface area contributed by atoms with Crippen LogP contribution in [0.5, 0.6) is 0 Å². The molecule has 26 heavy (non-hydrogen) atoms. The van der Waals surface area contributed by atoms with Gasteiger partial charge in [-0.05, 0) is 18.9 Å². The summed E-state index contributed by atoms with van der Waals surface area (Å²) in [6.45, 7) is 17.5. The predicted molar refractivity (Wildman–Crippen MR) is 102 cm³/mol. The normalized spacial score (nSPS) is 10.0. The molecule has 0 aliphatic carbocycles. The second kappa shape index (κ2) is 13.1. The molecule has 0 spiro atoms. The van der Waals surface area contributed by atoms with E-state index in [4.69, 9.17) is 15.9 Å². The van der Waals surface area contributed by atoms with Gasteiger partial charge in [0.15, 0.2) is 0 Å². The van der Waals surface area contributed by atoms with Crippen molar-refractivity contribution in [1.29, 1.82) is 0 Å². The topological polar surface area (TPSA) is 121 Å². The highest BCUT2D eigenvalue weighted by atomic mass is 16.4. The summed E-state index contributed by atoms with van der Waals surface area (Å²) in [7, 11) is 0. The predicted octanol–water partition coefficient (Wildman–Crippen LogP) is 2.26. The Kier molecular flexibility index (Phi) is 12.7. The summed E-state index contributed by atoms with van der Waals surface area (Å²) in [5.74, 6) is -2.55. The van der Waals surface area contributed by atoms with Crippen LogP contribution in [0.1, 0.15) is 12.8 Å². The van der Waals surface area contributed by atoms with Gasteiger partial charge in [-0.2, -0.15) is 0 Å². The molecule has 0 unspecified atom stereocenters. The van der Waals surface area contributed by atoms with Crippen molar-refractivity contribution in [2.24, 2.45) is 5.73 Å². The van der Waals surface area contributed by atoms with E-state index in [0.717, 1.165) is 12.2 Å². The molecule has 142 valence electrons. The molecule has 1 amide bonds. The van der Waals surface area contributed by atoms with Crippen molar-refractivity contribution in [3.8, 4) is 0 Å². The van der Waals surface area contributed by atoms with Crippen LogP contribution in [0, 0.1) is 0 Å². The minimum atomic E-state index is -1.11. The second-order valence-electron chi connectivity index (χ2n) is 5.06. The molecule has 7 nitrogen and oxygen atoms in total. The third-order valence-corrected chi connectivity index (χ3v) is 3.06. The van der Waals surface area contributed by atoms with Gasteiger partial charge in [0.25, 0.3) is 0 Å². The van der Waals surface area contributed by atoms with Crippen LogP contribution in [0.25, 0.3) is 0 Å². The molecular formula is C19H26N2O5. The van der Waals surface area contributed by atoms with Crippen LogP contribution in [-0.2, 0) is 14.4 Å². The molecule has 4 N–H and O–H groups in total. The lowest BCUT2D eigenvalue weighted by molar-refractivity contribution is -0.133. The molecule has 0 radical (unpaired) electrons. The lowest BCUT2D eigenvalue weighted by Crippen LogP contribution is -2.43. The molecule has 0 atom stereocenters. The van der Waals surface area contributed by atoms with Crippen molar-refractivity contribution < 1.29 is 24.6 Å². The smallest absolute Gasteiger partial charge is 0.332 e. The lowest BCUT2D eigenvalue weighted by atomic mass is 9.85. The zero-order valence-corrected chi connectivity index (χ0v) is 14.8. The fourth-order valence-electron chi connectivity index (χ4n) is 1.69. The van der Waals surface area contributed by atoms with Gasteiger partial charge >= 0.3 is 11.9 Å². The van der Waals surface area contributed by atoms with Crippen molar-refractivity contribution in [2.45, 2.75) is 18.4 Å². The van der Waals surface area contributed by atoms with E-state index in [0.29, 0.717) is 12.8 Å². The number of carboxylic acid groups (broad SMARTS) is 2. The van der Waals surface area contributed by atoms with Crippen molar-refractivity contribution in [1.82, 2.24) is 4.90 Å². The maximum atomic E-state index is 11.0. The number of nitrogens with two attached hydrogens (primary N) is 1. The van der Waals surface area contributed by atoms with Crippen LogP contribution >= 0.6 is 0 Å². The maximum absolute atomic E-state index is 11.0. The molecule has 0 aromatic rings. The molecule has 0 saturated heterocycles. The third-order valence-electron chi connectivity index (χ3n) is 3.06. The Bertz CT molecular complexity index is 595. The number of carboxylic acids is 2. The monoisotopic (exact) mass is 362 g/mol. The molecule has 0 aliphatic heterocycles. The minimum absolute atomic E-state index is 0.00713. The summed E-state index contributed by atoms with van der Waals surface area (Å²) < 4.78 is 0. The van der Waals surface area contributed by atoms with Gasteiger partial charge in [0.2, 0.25) is 5.91 Å². The fourth-order valence-corrected chi connectivity index (χ4v) is 1.69. The molecular weight excluding hydrogens is 336 g/mol. The zero-order chi connectivity index (χ0) is 20.8. The molecule has 0 fully saturated rings. The largest absolute Gasteiger partial charge is 0.478 e. The lowest BCUT2D eigenvalue weighted by Gasteiger charge is -2.26. The van der Waals surface area contributed by atoms with Gasteiger partial charge in [0, 0.05) is 18.8 Å². The van der Waals surface area contributed by atoms with Crippen LogP contribution in [-0.4, -0.2) is 45.0 Å². The van der Waals surface area contributed by atoms with Crippen LogP contribution in [0.15, 0.2) is 75.0 Å². The number of aliphatic carboxylic acids is 2. The molecule has 0 aromatic heterocycles. The highest BCUT2D eigenvalue weighted by molar-refractivity contribution is 5.89. The average molecular weight is 362 g/mol. The first kappa shape index (κ1) is 25.1. The molecule has 0 aromatic carbocycles. The third kappa shape index (κ3) is 9.84. The first-order valence-electron chi connectivity index (χ1n) is 7.48. The first-order valence-corrected chi connectivity index (χ1v) is 7.48. The van der Waals surface area contributed by atoms with E-state index < -0.39 is 17.5 Å². The number of hydrogen-bond acceptors (Lipinski definition) is 4. The van der Waals surface area contributed by atoms with Crippen molar-refractivity contribution >= 4 is 17.8 Å². The van der Waals surface area contributed by atoms with Gasteiger partial charge in [-0.25, -0.2) is 9.59 Å². The van der Waals surface area contributed by atoms with E-state index in [9.17, 15) is 14.4 Å². The Labute approximate surface area is 153 Å². The number of hydrogen-bond donors (Lipinski definition) is 3. The quantitative estimate of drug-likeness (QED) is 0.383. The Morgan fingerprint density at radius 3 is 1.81 bits per heavy atom. The number of carbonyl (C=O) groups excluding carboxylic acids is 1.